The maximum absolute atomic E-state index is 5.36. The molecule has 2 unspecified atom stereocenters. The van der Waals surface area contributed by atoms with Crippen LogP contribution in [0.2, 0.25) is 0 Å². The average molecular weight is 1200 g/mol. The zero-order valence-corrected chi connectivity index (χ0v) is 50.5. The van der Waals surface area contributed by atoms with E-state index in [1.165, 1.54) is 33.4 Å². The zero-order valence-electron chi connectivity index (χ0n) is 50.5. The van der Waals surface area contributed by atoms with Crippen LogP contribution in [0.1, 0.15) is 45.2 Å². The average Bonchev–Trinajstić information content (AvgIpc) is 1.00. The maximum Gasteiger partial charge on any atom is 0.164 e. The molecule has 3 aliphatic carbocycles. The Morgan fingerprint density at radius 3 is 0.936 bits per heavy atom. The molecule has 438 valence electrons. The predicted molar refractivity (Wildman–Crippen MR) is 376 cm³/mol. The monoisotopic (exact) mass is 1200 g/mol. The van der Waals surface area contributed by atoms with Gasteiger partial charge in [-0.15, -0.1) is 0 Å². The minimum atomic E-state index is -0.0384. The molecule has 10 heteroatoms. The lowest BCUT2D eigenvalue weighted by Crippen LogP contribution is -2.27. The number of para-hydroxylation sites is 2. The van der Waals surface area contributed by atoms with Gasteiger partial charge in [-0.05, 0) is 141 Å². The Kier molecular flexibility index (Phi) is 12.2. The molecule has 2 bridgehead atoms. The van der Waals surface area contributed by atoms with Gasteiger partial charge in [0.1, 0.15) is 0 Å². The first-order valence-corrected chi connectivity index (χ1v) is 31.7. The Morgan fingerprint density at radius 1 is 0.213 bits per heavy atom. The van der Waals surface area contributed by atoms with Crippen molar-refractivity contribution in [3.8, 4) is 102 Å². The second-order valence-corrected chi connectivity index (χ2v) is 24.3. The minimum absolute atomic E-state index is 0.0384. The summed E-state index contributed by atoms with van der Waals surface area (Å²) in [6.07, 6.45) is 7.67. The molecule has 0 aliphatic heterocycles. The predicted octanol–water partition coefficient (Wildman–Crippen LogP) is 19.4. The van der Waals surface area contributed by atoms with Gasteiger partial charge in [0, 0.05) is 103 Å². The number of rotatable bonds is 10. The second kappa shape index (κ2) is 21.5. The molecule has 0 N–H and O–H groups in total. The highest BCUT2D eigenvalue weighted by molar-refractivity contribution is 6.11. The molecule has 17 aromatic rings. The van der Waals surface area contributed by atoms with E-state index in [1.54, 1.807) is 0 Å². The smallest absolute Gasteiger partial charge is 0.164 e. The van der Waals surface area contributed by atoms with Crippen molar-refractivity contribution >= 4 is 43.6 Å². The van der Waals surface area contributed by atoms with Gasteiger partial charge in [0.25, 0.3) is 0 Å². The number of hydrogen-bond acceptors (Lipinski definition) is 8. The van der Waals surface area contributed by atoms with Crippen LogP contribution in [0.4, 0.5) is 0 Å². The maximum atomic E-state index is 5.36. The third kappa shape index (κ3) is 8.72. The van der Waals surface area contributed by atoms with Crippen LogP contribution in [-0.2, 0) is 0 Å². The Hall–Kier alpha value is -12.7. The summed E-state index contributed by atoms with van der Waals surface area (Å²) < 4.78 is 4.63. The molecule has 0 radical (unpaired) electrons. The van der Waals surface area contributed by atoms with Crippen LogP contribution in [0.3, 0.4) is 0 Å². The molecule has 0 amide bonds. The fraction of sp³-hybridized carbons (Fsp3) is 0.0238. The fourth-order valence-electron chi connectivity index (χ4n) is 14.7. The summed E-state index contributed by atoms with van der Waals surface area (Å²) in [5, 5.41) is 4.47. The summed E-state index contributed by atoms with van der Waals surface area (Å²) >= 11 is 0. The third-order valence-corrected chi connectivity index (χ3v) is 19.0. The molecule has 0 fully saturated rings. The van der Waals surface area contributed by atoms with Gasteiger partial charge in [0.2, 0.25) is 0 Å². The SMILES string of the molecule is c1ccc(-c2nc(-c3cccc(-c4ccc5c(c4)c4cnccc4n5-c4ccccc4)c3)nc(-c3ccc4c(c3)C3c5ccccc5C4c4cc(-c5nc(-c6ccccc6)nc(-c6cccc(-c7ccc8c(c7)c7cnccc7n8-c7ccccc7)c6)n5)ccc43)n2)cc1. The Labute approximate surface area is 540 Å². The number of fused-ring (bicyclic) bond motifs is 6. The van der Waals surface area contributed by atoms with Crippen LogP contribution in [0.15, 0.2) is 304 Å². The molecule has 10 nitrogen and oxygen atoms in total. The van der Waals surface area contributed by atoms with E-state index in [9.17, 15) is 0 Å². The number of benzene rings is 11. The van der Waals surface area contributed by atoms with Crippen LogP contribution in [0, 0.1) is 0 Å². The Balaban J connectivity index is 0.689. The quantitative estimate of drug-likeness (QED) is 0.133. The van der Waals surface area contributed by atoms with E-state index in [-0.39, 0.29) is 11.8 Å². The van der Waals surface area contributed by atoms with E-state index >= 15 is 0 Å². The minimum Gasteiger partial charge on any atom is -0.309 e. The number of hydrogen-bond donors (Lipinski definition) is 0. The highest BCUT2D eigenvalue weighted by Gasteiger charge is 2.42. The lowest BCUT2D eigenvalue weighted by Gasteiger charge is -2.42. The van der Waals surface area contributed by atoms with E-state index in [1.807, 2.05) is 61.2 Å². The molecule has 20 rings (SSSR count). The molecule has 6 heterocycles. The Bertz CT molecular complexity index is 5520. The van der Waals surface area contributed by atoms with E-state index in [4.69, 9.17) is 29.9 Å². The van der Waals surface area contributed by atoms with Crippen molar-refractivity contribution in [2.24, 2.45) is 0 Å². The normalized spacial score (nSPS) is 13.7. The number of pyridine rings is 2. The van der Waals surface area contributed by atoms with Crippen molar-refractivity contribution in [3.63, 3.8) is 0 Å². The molecule has 0 saturated heterocycles. The van der Waals surface area contributed by atoms with Crippen LogP contribution in [0.25, 0.3) is 146 Å². The van der Waals surface area contributed by atoms with Crippen molar-refractivity contribution in [2.75, 3.05) is 0 Å². The van der Waals surface area contributed by atoms with E-state index < -0.39 is 0 Å². The lowest BCUT2D eigenvalue weighted by molar-refractivity contribution is 0.754. The van der Waals surface area contributed by atoms with Gasteiger partial charge in [-0.25, -0.2) is 29.9 Å². The molecule has 3 aliphatic rings. The van der Waals surface area contributed by atoms with Crippen LogP contribution < -0.4 is 0 Å². The van der Waals surface area contributed by atoms with Gasteiger partial charge < -0.3 is 9.13 Å². The molecule has 94 heavy (non-hydrogen) atoms. The first-order chi connectivity index (χ1) is 46.6. The van der Waals surface area contributed by atoms with Gasteiger partial charge in [-0.1, -0.05) is 194 Å². The summed E-state index contributed by atoms with van der Waals surface area (Å²) in [6, 6.07) is 98.7. The lowest BCUT2D eigenvalue weighted by atomic mass is 9.61. The largest absolute Gasteiger partial charge is 0.309 e. The van der Waals surface area contributed by atoms with Crippen molar-refractivity contribution in [2.45, 2.75) is 11.8 Å². The van der Waals surface area contributed by atoms with Crippen molar-refractivity contribution < 1.29 is 0 Å². The highest BCUT2D eigenvalue weighted by Crippen LogP contribution is 2.57. The summed E-state index contributed by atoms with van der Waals surface area (Å²) in [4.78, 5) is 40.8. The standard InChI is InChI=1S/C84H52N10/c1-5-17-51(18-6-1)79-87-81(57-23-15-21-53(43-57)55-33-37-73-67(45-55)71-49-85-41-39-75(71)93(73)61-25-9-3-10-26-61)91-83(89-79)59-31-35-65-69(47-59)77-63-29-13-14-30-64(63)78(65)70-48-60(32-36-66(70)77)84-90-80(52-19-7-2-8-20-52)88-82(92-84)58-24-16-22-54(44-58)56-34-38-74-68(46-56)72-50-86-42-40-76(72)94(74)62-27-11-4-12-28-62/h1-50,77-78H. The van der Waals surface area contributed by atoms with Crippen molar-refractivity contribution in [1.29, 1.82) is 0 Å². The van der Waals surface area contributed by atoms with Gasteiger partial charge >= 0.3 is 0 Å². The van der Waals surface area contributed by atoms with Crippen molar-refractivity contribution in [1.82, 2.24) is 49.0 Å². The first-order valence-electron chi connectivity index (χ1n) is 31.7. The van der Waals surface area contributed by atoms with Gasteiger partial charge in [0.05, 0.1) is 22.1 Å². The summed E-state index contributed by atoms with van der Waals surface area (Å²) in [7, 11) is 0. The first kappa shape index (κ1) is 53.2. The molecule has 11 aromatic carbocycles. The molecule has 6 aromatic heterocycles. The Morgan fingerprint density at radius 2 is 0.521 bits per heavy atom. The van der Waals surface area contributed by atoms with Crippen LogP contribution in [-0.4, -0.2) is 49.0 Å². The molecular weight excluding hydrogens is 1150 g/mol. The number of aromatic nitrogens is 10. The van der Waals surface area contributed by atoms with Gasteiger partial charge in [-0.2, -0.15) is 0 Å². The number of nitrogens with zero attached hydrogens (tertiary/aromatic N) is 10. The van der Waals surface area contributed by atoms with Gasteiger partial charge in [-0.3, -0.25) is 9.97 Å². The topological polar surface area (TPSA) is 113 Å². The summed E-state index contributed by atoms with van der Waals surface area (Å²) in [5.74, 6) is 3.57. The highest BCUT2D eigenvalue weighted by atomic mass is 15.0. The molecular formula is C84H52N10. The zero-order chi connectivity index (χ0) is 61.8. The summed E-state index contributed by atoms with van der Waals surface area (Å²) in [5.41, 5.74) is 24.1. The molecule has 2 atom stereocenters. The van der Waals surface area contributed by atoms with Crippen LogP contribution in [0.5, 0.6) is 0 Å². The summed E-state index contributed by atoms with van der Waals surface area (Å²) in [6.45, 7) is 0. The van der Waals surface area contributed by atoms with Gasteiger partial charge in [0.15, 0.2) is 34.9 Å². The third-order valence-electron chi connectivity index (χ3n) is 19.0. The fourth-order valence-corrected chi connectivity index (χ4v) is 14.7. The van der Waals surface area contributed by atoms with E-state index in [0.717, 1.165) is 111 Å². The van der Waals surface area contributed by atoms with E-state index in [2.05, 4.69) is 262 Å². The molecule has 0 spiro atoms. The van der Waals surface area contributed by atoms with Crippen molar-refractivity contribution in [3.05, 3.63) is 337 Å². The second-order valence-electron chi connectivity index (χ2n) is 24.3. The van der Waals surface area contributed by atoms with E-state index in [0.29, 0.717) is 34.9 Å². The molecule has 0 saturated carbocycles. The van der Waals surface area contributed by atoms with Crippen LogP contribution >= 0.6 is 0 Å².